The zero-order valence-electron chi connectivity index (χ0n) is 24.8. The number of anilines is 2. The lowest BCUT2D eigenvalue weighted by Crippen LogP contribution is -2.38. The normalized spacial score (nSPS) is 22.1. The Labute approximate surface area is 263 Å². The lowest BCUT2D eigenvalue weighted by Gasteiger charge is -2.37. The maximum atomic E-state index is 11.4. The Balaban J connectivity index is 1.43. The Bertz CT molecular complexity index is 1660. The van der Waals surface area contributed by atoms with Crippen LogP contribution in [0.25, 0.3) is 5.69 Å². The van der Waals surface area contributed by atoms with Crippen molar-refractivity contribution in [2.24, 2.45) is 11.8 Å². The quantitative estimate of drug-likeness (QED) is 0.218. The molecule has 0 bridgehead atoms. The number of carbonyl (C=O) groups is 1. The molecule has 7 nitrogen and oxygen atoms in total. The molecular formula is C34H36ClN5O2S. The third-order valence-corrected chi connectivity index (χ3v) is 9.30. The van der Waals surface area contributed by atoms with Gasteiger partial charge in [0.25, 0.3) is 0 Å². The van der Waals surface area contributed by atoms with Gasteiger partial charge < -0.3 is 24.8 Å². The molecule has 2 saturated heterocycles. The molecule has 2 N–H and O–H groups in total. The molecule has 2 aromatic carbocycles. The molecule has 2 fully saturated rings. The van der Waals surface area contributed by atoms with E-state index in [0.29, 0.717) is 22.0 Å². The fourth-order valence-corrected chi connectivity index (χ4v) is 7.59. The zero-order valence-corrected chi connectivity index (χ0v) is 26.4. The number of piperidine rings is 1. The smallest absolute Gasteiger partial charge is 0.335 e. The maximum Gasteiger partial charge on any atom is 0.335 e. The van der Waals surface area contributed by atoms with E-state index in [1.54, 1.807) is 18.3 Å². The number of hydrogen-bond acceptors (Lipinski definition) is 4. The molecule has 0 aliphatic carbocycles. The number of carboxylic acids is 1. The lowest BCUT2D eigenvalue weighted by atomic mass is 9.91. The molecule has 222 valence electrons. The number of aryl methyl sites for hydroxylation is 1. The van der Waals surface area contributed by atoms with Gasteiger partial charge in [-0.2, -0.15) is 0 Å². The van der Waals surface area contributed by atoms with E-state index in [1.807, 2.05) is 36.4 Å². The second kappa shape index (κ2) is 11.7. The van der Waals surface area contributed by atoms with Crippen molar-refractivity contribution in [1.29, 1.82) is 0 Å². The SMILES string of the molecule is Cc1cc([C@@H]2[C@H](c3ccccn3)NC(=S)N2c2ccc(N3C[C@H](C)C[C@H](C)C3)c(Cl)c2)c(C)n1-c1ccc(C(=O)O)cc1. The Morgan fingerprint density at radius 1 is 1.00 bits per heavy atom. The summed E-state index contributed by atoms with van der Waals surface area (Å²) in [6.07, 6.45) is 3.04. The van der Waals surface area contributed by atoms with Crippen LogP contribution in [-0.2, 0) is 0 Å². The first-order valence-corrected chi connectivity index (χ1v) is 15.5. The van der Waals surface area contributed by atoms with Crippen molar-refractivity contribution in [2.75, 3.05) is 22.9 Å². The predicted octanol–water partition coefficient (Wildman–Crippen LogP) is 7.50. The maximum absolute atomic E-state index is 11.4. The van der Waals surface area contributed by atoms with Crippen molar-refractivity contribution in [1.82, 2.24) is 14.9 Å². The van der Waals surface area contributed by atoms with Gasteiger partial charge in [-0.3, -0.25) is 4.98 Å². The van der Waals surface area contributed by atoms with E-state index in [4.69, 9.17) is 28.8 Å². The van der Waals surface area contributed by atoms with Crippen LogP contribution >= 0.6 is 23.8 Å². The number of benzene rings is 2. The summed E-state index contributed by atoms with van der Waals surface area (Å²) in [5.41, 5.74) is 7.21. The van der Waals surface area contributed by atoms with Gasteiger partial charge in [0.15, 0.2) is 5.11 Å². The Morgan fingerprint density at radius 3 is 2.33 bits per heavy atom. The molecule has 2 aromatic heterocycles. The highest BCUT2D eigenvalue weighted by atomic mass is 35.5. The molecule has 9 heteroatoms. The number of pyridine rings is 1. The highest BCUT2D eigenvalue weighted by molar-refractivity contribution is 7.80. The Hall–Kier alpha value is -3.88. The van der Waals surface area contributed by atoms with Crippen LogP contribution in [-0.4, -0.2) is 38.8 Å². The average molecular weight is 614 g/mol. The topological polar surface area (TPSA) is 73.6 Å². The minimum absolute atomic E-state index is 0.195. The number of nitrogens with one attached hydrogen (secondary N) is 1. The number of aromatic carboxylic acids is 1. The van der Waals surface area contributed by atoms with E-state index in [1.165, 1.54) is 6.42 Å². The van der Waals surface area contributed by atoms with E-state index >= 15 is 0 Å². The van der Waals surface area contributed by atoms with Gasteiger partial charge in [-0.1, -0.05) is 31.5 Å². The van der Waals surface area contributed by atoms with Crippen LogP contribution in [0.3, 0.4) is 0 Å². The average Bonchev–Trinajstić information content (AvgIpc) is 3.47. The van der Waals surface area contributed by atoms with Crippen molar-refractivity contribution in [3.8, 4) is 5.69 Å². The van der Waals surface area contributed by atoms with Crippen LogP contribution in [0.5, 0.6) is 0 Å². The molecule has 0 spiro atoms. The molecule has 4 heterocycles. The number of aromatic nitrogens is 2. The third-order valence-electron chi connectivity index (χ3n) is 8.68. The van der Waals surface area contributed by atoms with Gasteiger partial charge in [-0.05, 0) is 111 Å². The number of thiocarbonyl (C=S) groups is 1. The fraction of sp³-hybridized carbons (Fsp3) is 0.324. The first kappa shape index (κ1) is 29.2. The molecule has 0 amide bonds. The summed E-state index contributed by atoms with van der Waals surface area (Å²) in [6, 6.07) is 21.0. The fourth-order valence-electron chi connectivity index (χ4n) is 6.95. The van der Waals surface area contributed by atoms with Gasteiger partial charge in [-0.25, -0.2) is 4.79 Å². The van der Waals surface area contributed by atoms with Gasteiger partial charge in [0.1, 0.15) is 0 Å². The molecule has 4 aromatic rings. The summed E-state index contributed by atoms with van der Waals surface area (Å²) in [7, 11) is 0. The molecule has 2 aliphatic heterocycles. The van der Waals surface area contributed by atoms with Crippen LogP contribution in [0.2, 0.25) is 5.02 Å². The molecule has 0 saturated carbocycles. The molecule has 4 atom stereocenters. The van der Waals surface area contributed by atoms with Gasteiger partial charge in [0.05, 0.1) is 34.1 Å². The van der Waals surface area contributed by atoms with Crippen molar-refractivity contribution in [2.45, 2.75) is 46.2 Å². The summed E-state index contributed by atoms with van der Waals surface area (Å²) < 4.78 is 2.16. The van der Waals surface area contributed by atoms with Gasteiger partial charge in [0, 0.05) is 42.0 Å². The molecule has 6 rings (SSSR count). The molecule has 2 aliphatic rings. The number of nitrogens with zero attached hydrogens (tertiary/aromatic N) is 4. The van der Waals surface area contributed by atoms with E-state index in [-0.39, 0.29) is 17.6 Å². The summed E-state index contributed by atoms with van der Waals surface area (Å²) in [5, 5.41) is 14.3. The number of halogens is 1. The van der Waals surface area contributed by atoms with Crippen molar-refractivity contribution < 1.29 is 9.90 Å². The molecule has 0 radical (unpaired) electrons. The van der Waals surface area contributed by atoms with Gasteiger partial charge in [0.2, 0.25) is 0 Å². The van der Waals surface area contributed by atoms with Crippen LogP contribution in [0.1, 0.15) is 65.4 Å². The van der Waals surface area contributed by atoms with Gasteiger partial charge in [-0.15, -0.1) is 0 Å². The van der Waals surface area contributed by atoms with E-state index in [0.717, 1.165) is 52.8 Å². The lowest BCUT2D eigenvalue weighted by molar-refractivity contribution is 0.0697. The van der Waals surface area contributed by atoms with Crippen molar-refractivity contribution in [3.63, 3.8) is 0 Å². The second-order valence-electron chi connectivity index (χ2n) is 12.0. The monoisotopic (exact) mass is 613 g/mol. The van der Waals surface area contributed by atoms with Crippen LogP contribution in [0.4, 0.5) is 11.4 Å². The van der Waals surface area contributed by atoms with E-state index < -0.39 is 5.97 Å². The van der Waals surface area contributed by atoms with Crippen LogP contribution < -0.4 is 15.1 Å². The zero-order chi connectivity index (χ0) is 30.4. The summed E-state index contributed by atoms with van der Waals surface area (Å²) >= 11 is 13.0. The number of hydrogen-bond donors (Lipinski definition) is 2. The molecular weight excluding hydrogens is 578 g/mol. The largest absolute Gasteiger partial charge is 0.478 e. The van der Waals surface area contributed by atoms with Crippen LogP contribution in [0, 0.1) is 25.7 Å². The van der Waals surface area contributed by atoms with Crippen LogP contribution in [0.15, 0.2) is 72.9 Å². The molecule has 0 unspecified atom stereocenters. The minimum Gasteiger partial charge on any atom is -0.478 e. The highest BCUT2D eigenvalue weighted by Crippen LogP contribution is 2.45. The molecule has 43 heavy (non-hydrogen) atoms. The predicted molar refractivity (Wildman–Crippen MR) is 177 cm³/mol. The van der Waals surface area contributed by atoms with E-state index in [9.17, 15) is 9.90 Å². The summed E-state index contributed by atoms with van der Waals surface area (Å²) in [6.45, 7) is 10.8. The minimum atomic E-state index is -0.943. The highest BCUT2D eigenvalue weighted by Gasteiger charge is 2.42. The van der Waals surface area contributed by atoms with E-state index in [2.05, 4.69) is 65.6 Å². The second-order valence-corrected chi connectivity index (χ2v) is 12.8. The van der Waals surface area contributed by atoms with Crippen molar-refractivity contribution >= 4 is 46.3 Å². The number of carboxylic acid groups (broad SMARTS) is 1. The Kier molecular flexibility index (Phi) is 7.92. The first-order valence-electron chi connectivity index (χ1n) is 14.7. The Morgan fingerprint density at radius 2 is 1.70 bits per heavy atom. The summed E-state index contributed by atoms with van der Waals surface area (Å²) in [5.74, 6) is 0.296. The summed E-state index contributed by atoms with van der Waals surface area (Å²) in [4.78, 5) is 20.7. The first-order chi connectivity index (χ1) is 20.6. The number of rotatable bonds is 6. The standard InChI is InChI=1S/C34H36ClN5O2S/c1-20-15-21(2)19-38(18-20)30-13-12-26(17-28(30)35)40-32(31(37-34(40)43)29-7-5-6-14-36-29)27-16-22(3)39(23(27)4)25-10-8-24(9-11-25)33(41)42/h5-14,16-17,20-21,31-32H,15,18-19H2,1-4H3,(H,37,43)(H,41,42)/t20-,21+,31-,32+/m0/s1. The van der Waals surface area contributed by atoms with Gasteiger partial charge >= 0.3 is 5.97 Å². The van der Waals surface area contributed by atoms with Crippen molar-refractivity contribution in [3.05, 3.63) is 106 Å². The third kappa shape index (κ3) is 5.50.